The van der Waals surface area contributed by atoms with Crippen molar-refractivity contribution in [1.82, 2.24) is 0 Å². The fourth-order valence-corrected chi connectivity index (χ4v) is 3.51. The highest BCUT2D eigenvalue weighted by Crippen LogP contribution is 2.11. The van der Waals surface area contributed by atoms with Gasteiger partial charge in [0.2, 0.25) is 0 Å². The molecule has 0 saturated carbocycles. The summed E-state index contributed by atoms with van der Waals surface area (Å²) in [6.07, 6.45) is 15.0. The predicted octanol–water partition coefficient (Wildman–Crippen LogP) is 6.58. The van der Waals surface area contributed by atoms with Gasteiger partial charge in [0.1, 0.15) is 0 Å². The van der Waals surface area contributed by atoms with Gasteiger partial charge in [0.05, 0.1) is 59.5 Å². The van der Waals surface area contributed by atoms with Crippen LogP contribution in [0.3, 0.4) is 0 Å². The number of hydrogen-bond acceptors (Lipinski definition) is 5. The average Bonchev–Trinajstić information content (AvgIpc) is 2.84. The van der Waals surface area contributed by atoms with Gasteiger partial charge < -0.3 is 23.7 Å². The Morgan fingerprint density at radius 2 is 0.818 bits per heavy atom. The molecule has 0 spiro atoms. The molecule has 5 heteroatoms. The molecule has 0 heterocycles. The molecule has 5 nitrogen and oxygen atoms in total. The summed E-state index contributed by atoms with van der Waals surface area (Å²) in [7, 11) is 0. The summed E-state index contributed by atoms with van der Waals surface area (Å²) in [5, 5.41) is 0. The molecular weight excluding hydrogens is 416 g/mol. The Kier molecular flexibility index (Phi) is 23.3. The maximum absolute atomic E-state index is 5.64. The summed E-state index contributed by atoms with van der Waals surface area (Å²) in [4.78, 5) is 0. The Bertz CT molecular complexity index is 482. The second-order valence-corrected chi connectivity index (χ2v) is 8.52. The van der Waals surface area contributed by atoms with E-state index in [0.717, 1.165) is 13.0 Å². The van der Waals surface area contributed by atoms with Crippen LogP contribution in [0.2, 0.25) is 0 Å². The minimum absolute atomic E-state index is 0.580. The van der Waals surface area contributed by atoms with Crippen molar-refractivity contribution >= 4 is 0 Å². The largest absolute Gasteiger partial charge is 0.379 e. The first-order valence-corrected chi connectivity index (χ1v) is 13.4. The Hall–Kier alpha value is -0.980. The number of benzene rings is 1. The molecule has 192 valence electrons. The van der Waals surface area contributed by atoms with Crippen LogP contribution >= 0.6 is 0 Å². The molecule has 0 N–H and O–H groups in total. The van der Waals surface area contributed by atoms with Crippen LogP contribution < -0.4 is 0 Å². The fourth-order valence-electron chi connectivity index (χ4n) is 3.51. The summed E-state index contributed by atoms with van der Waals surface area (Å²) in [6.45, 7) is 8.59. The molecule has 0 radical (unpaired) electrons. The summed E-state index contributed by atoms with van der Waals surface area (Å²) in [5.74, 6) is 0. The fraction of sp³-hybridized carbons (Fsp3) is 0.786. The van der Waals surface area contributed by atoms with Crippen LogP contribution in [-0.4, -0.2) is 59.5 Å². The van der Waals surface area contributed by atoms with E-state index < -0.39 is 0 Å². The van der Waals surface area contributed by atoms with Crippen LogP contribution in [0.15, 0.2) is 30.3 Å². The standard InChI is InChI=1S/C28H50O5/c1-2-3-4-5-6-7-8-9-10-11-15-18-29-19-20-30-21-22-31-23-24-32-25-26-33-27-28-16-13-12-14-17-28/h12-14,16-17H,2-11,15,18-27H2,1H3. The van der Waals surface area contributed by atoms with Gasteiger partial charge in [0.25, 0.3) is 0 Å². The lowest BCUT2D eigenvalue weighted by Gasteiger charge is -2.08. The number of hydrogen-bond donors (Lipinski definition) is 0. The molecule has 0 bridgehead atoms. The van der Waals surface area contributed by atoms with E-state index in [1.165, 1.54) is 69.8 Å². The zero-order valence-corrected chi connectivity index (χ0v) is 21.3. The van der Waals surface area contributed by atoms with Crippen molar-refractivity contribution in [2.24, 2.45) is 0 Å². The lowest BCUT2D eigenvalue weighted by Crippen LogP contribution is -2.13. The zero-order chi connectivity index (χ0) is 23.5. The van der Waals surface area contributed by atoms with E-state index in [2.05, 4.69) is 19.1 Å². The minimum Gasteiger partial charge on any atom is -0.379 e. The van der Waals surface area contributed by atoms with Crippen molar-refractivity contribution in [2.45, 2.75) is 84.2 Å². The molecule has 1 aromatic rings. The first-order chi connectivity index (χ1) is 16.4. The number of unbranched alkanes of at least 4 members (excludes halogenated alkanes) is 10. The third-order valence-electron chi connectivity index (χ3n) is 5.49. The third kappa shape index (κ3) is 22.6. The topological polar surface area (TPSA) is 46.2 Å². The lowest BCUT2D eigenvalue weighted by atomic mass is 10.1. The number of rotatable bonds is 26. The quantitative estimate of drug-likeness (QED) is 0.144. The van der Waals surface area contributed by atoms with Crippen molar-refractivity contribution < 1.29 is 23.7 Å². The monoisotopic (exact) mass is 466 g/mol. The van der Waals surface area contributed by atoms with Crippen LogP contribution in [0.5, 0.6) is 0 Å². The maximum atomic E-state index is 5.64. The molecule has 0 aliphatic rings. The molecule has 1 aromatic carbocycles. The van der Waals surface area contributed by atoms with E-state index in [9.17, 15) is 0 Å². The van der Waals surface area contributed by atoms with E-state index in [1.807, 2.05) is 18.2 Å². The van der Waals surface area contributed by atoms with Crippen molar-refractivity contribution in [2.75, 3.05) is 59.5 Å². The van der Waals surface area contributed by atoms with E-state index >= 15 is 0 Å². The highest BCUT2D eigenvalue weighted by molar-refractivity contribution is 5.13. The van der Waals surface area contributed by atoms with Gasteiger partial charge >= 0.3 is 0 Å². The molecule has 0 amide bonds. The van der Waals surface area contributed by atoms with Gasteiger partial charge in [0, 0.05) is 6.61 Å². The first kappa shape index (κ1) is 30.1. The predicted molar refractivity (Wildman–Crippen MR) is 136 cm³/mol. The van der Waals surface area contributed by atoms with Crippen LogP contribution in [0.25, 0.3) is 0 Å². The van der Waals surface area contributed by atoms with Crippen molar-refractivity contribution in [3.63, 3.8) is 0 Å². The third-order valence-corrected chi connectivity index (χ3v) is 5.49. The molecule has 0 aliphatic heterocycles. The van der Waals surface area contributed by atoms with E-state index in [-0.39, 0.29) is 0 Å². The molecule has 0 saturated heterocycles. The van der Waals surface area contributed by atoms with Crippen molar-refractivity contribution in [3.8, 4) is 0 Å². The van der Waals surface area contributed by atoms with E-state index in [4.69, 9.17) is 23.7 Å². The molecule has 0 atom stereocenters. The first-order valence-electron chi connectivity index (χ1n) is 13.4. The summed E-state index contributed by atoms with van der Waals surface area (Å²) < 4.78 is 27.7. The second-order valence-electron chi connectivity index (χ2n) is 8.52. The van der Waals surface area contributed by atoms with Gasteiger partial charge in [-0.05, 0) is 12.0 Å². The van der Waals surface area contributed by atoms with E-state index in [1.54, 1.807) is 0 Å². The normalized spacial score (nSPS) is 11.3. The van der Waals surface area contributed by atoms with Crippen molar-refractivity contribution in [1.29, 1.82) is 0 Å². The van der Waals surface area contributed by atoms with Crippen LogP contribution in [0.4, 0.5) is 0 Å². The average molecular weight is 467 g/mol. The molecule has 1 rings (SSSR count). The highest BCUT2D eigenvalue weighted by atomic mass is 16.6. The van der Waals surface area contributed by atoms with Gasteiger partial charge in [-0.3, -0.25) is 0 Å². The van der Waals surface area contributed by atoms with E-state index in [0.29, 0.717) is 59.5 Å². The molecule has 0 aliphatic carbocycles. The number of ether oxygens (including phenoxy) is 5. The van der Waals surface area contributed by atoms with Gasteiger partial charge in [-0.15, -0.1) is 0 Å². The summed E-state index contributed by atoms with van der Waals surface area (Å²) >= 11 is 0. The van der Waals surface area contributed by atoms with Gasteiger partial charge in [-0.1, -0.05) is 101 Å². The second kappa shape index (κ2) is 25.6. The molecule has 0 fully saturated rings. The maximum Gasteiger partial charge on any atom is 0.0718 e. The minimum atomic E-state index is 0.580. The van der Waals surface area contributed by atoms with Gasteiger partial charge in [-0.2, -0.15) is 0 Å². The summed E-state index contributed by atoms with van der Waals surface area (Å²) in [6, 6.07) is 10.2. The molecule has 33 heavy (non-hydrogen) atoms. The van der Waals surface area contributed by atoms with Crippen LogP contribution in [-0.2, 0) is 30.3 Å². The molecule has 0 unspecified atom stereocenters. The lowest BCUT2D eigenvalue weighted by molar-refractivity contribution is -0.0126. The Labute approximate surface area is 203 Å². The highest BCUT2D eigenvalue weighted by Gasteiger charge is 1.96. The van der Waals surface area contributed by atoms with Gasteiger partial charge in [0.15, 0.2) is 0 Å². The zero-order valence-electron chi connectivity index (χ0n) is 21.3. The van der Waals surface area contributed by atoms with Crippen LogP contribution in [0, 0.1) is 0 Å². The Balaban J connectivity index is 1.64. The SMILES string of the molecule is CCCCCCCCCCCCCOCCOCCOCCOCCOCc1ccccc1. The van der Waals surface area contributed by atoms with Gasteiger partial charge in [-0.25, -0.2) is 0 Å². The Morgan fingerprint density at radius 1 is 0.424 bits per heavy atom. The van der Waals surface area contributed by atoms with Crippen LogP contribution in [0.1, 0.15) is 83.1 Å². The Morgan fingerprint density at radius 3 is 1.30 bits per heavy atom. The summed E-state index contributed by atoms with van der Waals surface area (Å²) in [5.41, 5.74) is 1.18. The molecule has 0 aromatic heterocycles. The van der Waals surface area contributed by atoms with Crippen molar-refractivity contribution in [3.05, 3.63) is 35.9 Å². The molecular formula is C28H50O5. The smallest absolute Gasteiger partial charge is 0.0718 e.